The van der Waals surface area contributed by atoms with E-state index in [1.807, 2.05) is 0 Å². The minimum Gasteiger partial charge on any atom is -0.507 e. The number of phenolic OH excluding ortho intramolecular Hbond substituents is 1. The molecule has 0 heterocycles. The quantitative estimate of drug-likeness (QED) is 0.342. The zero-order chi connectivity index (χ0) is 9.84. The molecule has 0 aromatic heterocycles. The van der Waals surface area contributed by atoms with Crippen molar-refractivity contribution in [3.8, 4) is 5.75 Å². The second-order valence-corrected chi connectivity index (χ2v) is 2.51. The highest BCUT2D eigenvalue weighted by atomic mass is 35.5. The van der Waals surface area contributed by atoms with Crippen LogP contribution in [0.2, 0.25) is 0 Å². The van der Waals surface area contributed by atoms with Gasteiger partial charge < -0.3 is 5.11 Å². The summed E-state index contributed by atoms with van der Waals surface area (Å²) in [4.78, 5) is 13.2. The van der Waals surface area contributed by atoms with E-state index in [1.165, 1.54) is 18.2 Å². The molecule has 1 aromatic rings. The molecule has 0 radical (unpaired) electrons. The molecule has 0 aliphatic heterocycles. The van der Waals surface area contributed by atoms with Crippen molar-refractivity contribution in [1.29, 1.82) is 0 Å². The highest BCUT2D eigenvalue weighted by Crippen LogP contribution is 2.24. The van der Waals surface area contributed by atoms with Crippen molar-refractivity contribution in [2.45, 2.75) is 0 Å². The minimum atomic E-state index is -0.799. The molecule has 1 rings (SSSR count). The number of halogens is 1. The fraction of sp³-hybridized carbons (Fsp3) is 0. The Hall–Kier alpha value is -1.71. The third kappa shape index (κ3) is 2.11. The van der Waals surface area contributed by atoms with E-state index < -0.39 is 5.24 Å². The van der Waals surface area contributed by atoms with Gasteiger partial charge in [0.2, 0.25) is 0 Å². The molecule has 0 aliphatic rings. The van der Waals surface area contributed by atoms with Crippen LogP contribution < -0.4 is 0 Å². The molecular formula is C7H4ClN3O2. The van der Waals surface area contributed by atoms with Crippen LogP contribution in [0.15, 0.2) is 23.3 Å². The molecular weight excluding hydrogens is 194 g/mol. The Labute approximate surface area is 78.2 Å². The molecule has 0 bridgehead atoms. The SMILES string of the molecule is [N-]=[N+]=Nc1ccc(O)c(C(=O)Cl)c1. The molecule has 1 aromatic carbocycles. The predicted octanol–water partition coefficient (Wildman–Crippen LogP) is 2.71. The molecule has 0 spiro atoms. The van der Waals surface area contributed by atoms with Gasteiger partial charge in [0.25, 0.3) is 5.24 Å². The molecule has 5 nitrogen and oxygen atoms in total. The fourth-order valence-electron chi connectivity index (χ4n) is 0.795. The van der Waals surface area contributed by atoms with Gasteiger partial charge >= 0.3 is 0 Å². The average Bonchev–Trinajstić information content (AvgIpc) is 2.08. The predicted molar refractivity (Wildman–Crippen MR) is 47.1 cm³/mol. The molecule has 13 heavy (non-hydrogen) atoms. The average molecular weight is 198 g/mol. The molecule has 0 atom stereocenters. The molecule has 1 N–H and O–H groups in total. The van der Waals surface area contributed by atoms with E-state index in [-0.39, 0.29) is 17.0 Å². The van der Waals surface area contributed by atoms with Gasteiger partial charge in [-0.15, -0.1) is 0 Å². The molecule has 0 aliphatic carbocycles. The van der Waals surface area contributed by atoms with E-state index in [4.69, 9.17) is 22.2 Å². The summed E-state index contributed by atoms with van der Waals surface area (Å²) >= 11 is 5.15. The van der Waals surface area contributed by atoms with Gasteiger partial charge in [-0.05, 0) is 35.3 Å². The van der Waals surface area contributed by atoms with Crippen LogP contribution in [0.4, 0.5) is 5.69 Å². The van der Waals surface area contributed by atoms with Crippen LogP contribution in [-0.2, 0) is 0 Å². The lowest BCUT2D eigenvalue weighted by Gasteiger charge is -1.98. The number of azide groups is 1. The summed E-state index contributed by atoms with van der Waals surface area (Å²) in [6.45, 7) is 0. The third-order valence-corrected chi connectivity index (χ3v) is 1.56. The molecule has 0 saturated heterocycles. The van der Waals surface area contributed by atoms with Gasteiger partial charge in [0.1, 0.15) is 5.75 Å². The van der Waals surface area contributed by atoms with Gasteiger partial charge in [0.15, 0.2) is 0 Å². The molecule has 0 amide bonds. The lowest BCUT2D eigenvalue weighted by molar-refractivity contribution is 0.107. The Morgan fingerprint density at radius 3 is 2.85 bits per heavy atom. The lowest BCUT2D eigenvalue weighted by atomic mass is 10.2. The first kappa shape index (κ1) is 9.38. The third-order valence-electron chi connectivity index (χ3n) is 1.35. The number of rotatable bonds is 2. The van der Waals surface area contributed by atoms with E-state index in [0.29, 0.717) is 0 Å². The highest BCUT2D eigenvalue weighted by Gasteiger charge is 2.08. The van der Waals surface area contributed by atoms with Crippen LogP contribution in [0.25, 0.3) is 10.4 Å². The lowest BCUT2D eigenvalue weighted by Crippen LogP contribution is -1.88. The topological polar surface area (TPSA) is 86.1 Å². The maximum atomic E-state index is 10.7. The van der Waals surface area contributed by atoms with Crippen LogP contribution in [0.3, 0.4) is 0 Å². The number of benzene rings is 1. The molecule has 0 saturated carbocycles. The summed E-state index contributed by atoms with van der Waals surface area (Å²) in [5.74, 6) is -0.239. The van der Waals surface area contributed by atoms with Crippen LogP contribution in [-0.4, -0.2) is 10.3 Å². The maximum Gasteiger partial charge on any atom is 0.256 e. The van der Waals surface area contributed by atoms with Crippen LogP contribution in [0, 0.1) is 0 Å². The van der Waals surface area contributed by atoms with Crippen molar-refractivity contribution in [2.24, 2.45) is 5.11 Å². The smallest absolute Gasteiger partial charge is 0.256 e. The minimum absolute atomic E-state index is 0.0773. The first-order valence-electron chi connectivity index (χ1n) is 3.23. The number of hydrogen-bond acceptors (Lipinski definition) is 3. The van der Waals surface area contributed by atoms with Crippen molar-refractivity contribution in [3.05, 3.63) is 34.2 Å². The summed E-state index contributed by atoms with van der Waals surface area (Å²) in [6.07, 6.45) is 0. The van der Waals surface area contributed by atoms with Crippen molar-refractivity contribution in [1.82, 2.24) is 0 Å². The second kappa shape index (κ2) is 3.80. The normalized spacial score (nSPS) is 9.00. The van der Waals surface area contributed by atoms with Crippen molar-refractivity contribution < 1.29 is 9.90 Å². The Bertz CT molecular complexity index is 399. The molecule has 66 valence electrons. The Balaban J connectivity index is 3.26. The van der Waals surface area contributed by atoms with Gasteiger partial charge in [0.05, 0.1) is 5.56 Å². The van der Waals surface area contributed by atoms with Gasteiger partial charge in [-0.3, -0.25) is 4.79 Å². The van der Waals surface area contributed by atoms with Crippen molar-refractivity contribution in [2.75, 3.05) is 0 Å². The van der Waals surface area contributed by atoms with E-state index in [1.54, 1.807) is 0 Å². The first-order valence-corrected chi connectivity index (χ1v) is 3.61. The first-order chi connectivity index (χ1) is 6.15. The Morgan fingerprint density at radius 2 is 2.31 bits per heavy atom. The number of phenols is 1. The Kier molecular flexibility index (Phi) is 2.74. The molecule has 0 unspecified atom stereocenters. The highest BCUT2D eigenvalue weighted by molar-refractivity contribution is 6.68. The van der Waals surface area contributed by atoms with E-state index in [0.717, 1.165) is 0 Å². The molecule has 0 fully saturated rings. The number of aromatic hydroxyl groups is 1. The van der Waals surface area contributed by atoms with Gasteiger partial charge in [-0.25, -0.2) is 0 Å². The standard InChI is InChI=1S/C7H4ClN3O2/c8-7(13)5-3-4(10-11-9)1-2-6(5)12/h1-3,12H. The summed E-state index contributed by atoms with van der Waals surface area (Å²) in [5, 5.41) is 11.6. The van der Waals surface area contributed by atoms with Gasteiger partial charge in [0, 0.05) is 10.6 Å². The van der Waals surface area contributed by atoms with E-state index in [9.17, 15) is 4.79 Å². The maximum absolute atomic E-state index is 10.7. The zero-order valence-corrected chi connectivity index (χ0v) is 7.06. The van der Waals surface area contributed by atoms with Crippen molar-refractivity contribution >= 4 is 22.5 Å². The molecule has 6 heteroatoms. The fourth-order valence-corrected chi connectivity index (χ4v) is 0.947. The zero-order valence-electron chi connectivity index (χ0n) is 6.31. The van der Waals surface area contributed by atoms with Crippen LogP contribution in [0.5, 0.6) is 5.75 Å². The summed E-state index contributed by atoms with van der Waals surface area (Å²) in [6, 6.07) is 3.82. The van der Waals surface area contributed by atoms with Gasteiger partial charge in [-0.1, -0.05) is 5.11 Å². The van der Waals surface area contributed by atoms with Crippen LogP contribution in [0.1, 0.15) is 10.4 Å². The number of carbonyl (C=O) groups excluding carboxylic acids is 1. The summed E-state index contributed by atoms with van der Waals surface area (Å²) in [5.41, 5.74) is 8.25. The monoisotopic (exact) mass is 197 g/mol. The number of carbonyl (C=O) groups is 1. The van der Waals surface area contributed by atoms with Gasteiger partial charge in [-0.2, -0.15) is 0 Å². The summed E-state index contributed by atoms with van der Waals surface area (Å²) in [7, 11) is 0. The second-order valence-electron chi connectivity index (χ2n) is 2.16. The summed E-state index contributed by atoms with van der Waals surface area (Å²) < 4.78 is 0. The number of nitrogens with zero attached hydrogens (tertiary/aromatic N) is 3. The van der Waals surface area contributed by atoms with Crippen LogP contribution >= 0.6 is 11.6 Å². The van der Waals surface area contributed by atoms with E-state index in [2.05, 4.69) is 10.0 Å². The van der Waals surface area contributed by atoms with Crippen molar-refractivity contribution in [3.63, 3.8) is 0 Å². The van der Waals surface area contributed by atoms with E-state index >= 15 is 0 Å². The Morgan fingerprint density at radius 1 is 1.62 bits per heavy atom. The largest absolute Gasteiger partial charge is 0.507 e. The number of hydrogen-bond donors (Lipinski definition) is 1.